The number of nitrogens with zero attached hydrogens (tertiary/aromatic N) is 3. The first-order valence-corrected chi connectivity index (χ1v) is 15.0. The Labute approximate surface area is 226 Å². The fourth-order valence-corrected chi connectivity index (χ4v) is 6.58. The quantitative estimate of drug-likeness (QED) is 0.354. The van der Waals surface area contributed by atoms with E-state index in [1.165, 1.54) is 11.3 Å². The van der Waals surface area contributed by atoms with E-state index in [-0.39, 0.29) is 30.9 Å². The highest BCUT2D eigenvalue weighted by Gasteiger charge is 2.27. The van der Waals surface area contributed by atoms with E-state index in [2.05, 4.69) is 21.0 Å². The number of fused-ring (bicyclic) bond motifs is 1. The summed E-state index contributed by atoms with van der Waals surface area (Å²) < 4.78 is 38.7. The molecule has 0 unspecified atom stereocenters. The number of carbonyl (C=O) groups excluding carboxylic acids is 1. The number of rotatable bonds is 10. The number of hydrogen-bond donors (Lipinski definition) is 1. The third-order valence-electron chi connectivity index (χ3n) is 6.07. The molecule has 1 N–H and O–H groups in total. The molecule has 1 atom stereocenters. The smallest absolute Gasteiger partial charge is 0.306 e. The lowest BCUT2D eigenvalue weighted by Crippen LogP contribution is -2.33. The summed E-state index contributed by atoms with van der Waals surface area (Å²) in [6.45, 7) is 5.72. The molecule has 1 aliphatic carbocycles. The van der Waals surface area contributed by atoms with Gasteiger partial charge in [-0.2, -0.15) is 5.26 Å². The highest BCUT2D eigenvalue weighted by molar-refractivity contribution is 7.89. The predicted molar refractivity (Wildman–Crippen MR) is 145 cm³/mol. The number of ether oxygens (including phenoxy) is 2. The van der Waals surface area contributed by atoms with Crippen LogP contribution in [-0.4, -0.2) is 43.0 Å². The Morgan fingerprint density at radius 3 is 2.76 bits per heavy atom. The zero-order valence-electron chi connectivity index (χ0n) is 21.6. The molecule has 0 radical (unpaired) electrons. The maximum absolute atomic E-state index is 12.7. The summed E-state index contributed by atoms with van der Waals surface area (Å²) in [6.07, 6.45) is 2.04. The average Bonchev–Trinajstić information content (AvgIpc) is 3.37. The lowest BCUT2D eigenvalue weighted by molar-refractivity contribution is -0.142. The van der Waals surface area contributed by atoms with Gasteiger partial charge >= 0.3 is 5.97 Å². The van der Waals surface area contributed by atoms with Crippen molar-refractivity contribution in [2.45, 2.75) is 58.6 Å². The lowest BCUT2D eigenvalue weighted by atomic mass is 9.85. The van der Waals surface area contributed by atoms with Gasteiger partial charge in [0.25, 0.3) is 0 Å². The van der Waals surface area contributed by atoms with Gasteiger partial charge in [-0.1, -0.05) is 29.5 Å². The lowest BCUT2D eigenvalue weighted by Gasteiger charge is -2.27. The minimum atomic E-state index is -3.68. The predicted octanol–water partition coefficient (Wildman–Crippen LogP) is 4.78. The van der Waals surface area contributed by atoms with E-state index in [1.807, 2.05) is 38.1 Å². The zero-order valence-corrected chi connectivity index (χ0v) is 23.2. The van der Waals surface area contributed by atoms with E-state index < -0.39 is 16.0 Å². The van der Waals surface area contributed by atoms with Gasteiger partial charge in [-0.15, -0.1) is 10.2 Å². The van der Waals surface area contributed by atoms with Gasteiger partial charge in [0.05, 0.1) is 30.4 Å². The van der Waals surface area contributed by atoms with Crippen LogP contribution in [0.2, 0.25) is 0 Å². The van der Waals surface area contributed by atoms with Crippen LogP contribution in [0.5, 0.6) is 5.75 Å². The molecule has 200 valence electrons. The fraction of sp³-hybridized carbons (Fsp3) is 0.407. The van der Waals surface area contributed by atoms with Gasteiger partial charge in [0, 0.05) is 17.2 Å². The monoisotopic (exact) mass is 554 g/mol. The number of nitriles is 1. The first-order valence-electron chi connectivity index (χ1n) is 12.5. The zero-order chi connectivity index (χ0) is 27.3. The molecule has 3 aromatic rings. The van der Waals surface area contributed by atoms with Crippen LogP contribution in [0, 0.1) is 11.3 Å². The Morgan fingerprint density at radius 2 is 2.03 bits per heavy atom. The summed E-state index contributed by atoms with van der Waals surface area (Å²) in [5, 5.41) is 19.8. The van der Waals surface area contributed by atoms with Gasteiger partial charge in [0.2, 0.25) is 10.0 Å². The third-order valence-corrected chi connectivity index (χ3v) is 8.47. The van der Waals surface area contributed by atoms with E-state index in [4.69, 9.17) is 9.47 Å². The van der Waals surface area contributed by atoms with Crippen molar-refractivity contribution in [2.24, 2.45) is 0 Å². The van der Waals surface area contributed by atoms with E-state index in [0.717, 1.165) is 40.1 Å². The third kappa shape index (κ3) is 6.56. The van der Waals surface area contributed by atoms with Crippen molar-refractivity contribution < 1.29 is 22.7 Å². The Balaban J connectivity index is 1.57. The minimum Gasteiger partial charge on any atom is -0.490 e. The van der Waals surface area contributed by atoms with Crippen LogP contribution in [0.3, 0.4) is 0 Å². The summed E-state index contributed by atoms with van der Waals surface area (Å²) in [7, 11) is -3.68. The van der Waals surface area contributed by atoms with Gasteiger partial charge in [-0.05, 0) is 69.4 Å². The first-order chi connectivity index (χ1) is 18.2. The normalized spacial score (nSPS) is 15.1. The van der Waals surface area contributed by atoms with Crippen molar-refractivity contribution >= 4 is 27.3 Å². The number of benzene rings is 2. The van der Waals surface area contributed by atoms with Crippen molar-refractivity contribution in [3.8, 4) is 33.0 Å². The molecule has 0 saturated heterocycles. The second kappa shape index (κ2) is 12.0. The Hall–Kier alpha value is -3.33. The number of carbonyl (C=O) groups is 1. The summed E-state index contributed by atoms with van der Waals surface area (Å²) >= 11 is 1.42. The van der Waals surface area contributed by atoms with Crippen LogP contribution in [0.15, 0.2) is 36.4 Å². The van der Waals surface area contributed by atoms with Gasteiger partial charge in [0.1, 0.15) is 21.8 Å². The topological polar surface area (TPSA) is 131 Å². The standard InChI is InChI=1S/C27H30N4O5S2/c1-4-35-25(32)13-14-38(33,34)31-23-10-6-7-20-21(23)8-5-9-22(20)27-30-29-26(37-27)18-11-12-24(36-17(2)3)19(15-18)16-28/h5,8-9,11-12,15,17,23,31H,4,6-7,10,13-14H2,1-3H3/t23-/m0/s1. The molecular weight excluding hydrogens is 524 g/mol. The van der Waals surface area contributed by atoms with E-state index >= 15 is 0 Å². The average molecular weight is 555 g/mol. The number of esters is 1. The molecule has 0 aliphatic heterocycles. The first kappa shape index (κ1) is 27.7. The Morgan fingerprint density at radius 1 is 1.24 bits per heavy atom. The number of hydrogen-bond acceptors (Lipinski definition) is 9. The van der Waals surface area contributed by atoms with Crippen LogP contribution in [-0.2, 0) is 26.0 Å². The highest BCUT2D eigenvalue weighted by atomic mass is 32.2. The second-order valence-corrected chi connectivity index (χ2v) is 12.1. The second-order valence-electron chi connectivity index (χ2n) is 9.21. The Kier molecular flexibility index (Phi) is 8.76. The molecule has 2 aromatic carbocycles. The molecule has 0 spiro atoms. The molecule has 38 heavy (non-hydrogen) atoms. The van der Waals surface area contributed by atoms with Gasteiger partial charge in [0.15, 0.2) is 0 Å². The number of nitrogens with one attached hydrogen (secondary N) is 1. The summed E-state index contributed by atoms with van der Waals surface area (Å²) in [6, 6.07) is 13.0. The van der Waals surface area contributed by atoms with Crippen molar-refractivity contribution in [1.29, 1.82) is 5.26 Å². The molecule has 1 aliphatic rings. The molecule has 1 aromatic heterocycles. The van der Waals surface area contributed by atoms with Crippen LogP contribution in [0.1, 0.15) is 62.8 Å². The van der Waals surface area contributed by atoms with Crippen molar-refractivity contribution in [3.05, 3.63) is 53.1 Å². The molecular formula is C27H30N4O5S2. The maximum Gasteiger partial charge on any atom is 0.306 e. The summed E-state index contributed by atoms with van der Waals surface area (Å²) in [5.74, 6) is -0.313. The van der Waals surface area contributed by atoms with Gasteiger partial charge in [-0.25, -0.2) is 13.1 Å². The van der Waals surface area contributed by atoms with E-state index in [0.29, 0.717) is 22.7 Å². The number of sulfonamides is 1. The van der Waals surface area contributed by atoms with Crippen molar-refractivity contribution in [2.75, 3.05) is 12.4 Å². The minimum absolute atomic E-state index is 0.0452. The Bertz CT molecular complexity index is 1460. The summed E-state index contributed by atoms with van der Waals surface area (Å²) in [5.41, 5.74) is 4.08. The van der Waals surface area contributed by atoms with Crippen molar-refractivity contribution in [1.82, 2.24) is 14.9 Å². The van der Waals surface area contributed by atoms with Crippen LogP contribution >= 0.6 is 11.3 Å². The molecule has 0 bridgehead atoms. The van der Waals surface area contributed by atoms with E-state index in [9.17, 15) is 18.5 Å². The maximum atomic E-state index is 12.7. The van der Waals surface area contributed by atoms with Crippen LogP contribution < -0.4 is 9.46 Å². The molecule has 0 amide bonds. The number of aromatic nitrogens is 2. The molecule has 9 nitrogen and oxygen atoms in total. The van der Waals surface area contributed by atoms with Crippen LogP contribution in [0.25, 0.3) is 21.1 Å². The van der Waals surface area contributed by atoms with Crippen LogP contribution in [0.4, 0.5) is 0 Å². The molecule has 0 fully saturated rings. The van der Waals surface area contributed by atoms with Crippen molar-refractivity contribution in [3.63, 3.8) is 0 Å². The molecule has 1 heterocycles. The molecule has 0 saturated carbocycles. The highest BCUT2D eigenvalue weighted by Crippen LogP contribution is 2.39. The van der Waals surface area contributed by atoms with Gasteiger partial charge in [-0.3, -0.25) is 4.79 Å². The SMILES string of the molecule is CCOC(=O)CCS(=O)(=O)N[C@H]1CCCc2c(-c3nnc(-c4ccc(OC(C)C)c(C#N)c4)s3)cccc21. The van der Waals surface area contributed by atoms with Gasteiger partial charge < -0.3 is 9.47 Å². The fourth-order valence-electron chi connectivity index (χ4n) is 4.45. The molecule has 4 rings (SSSR count). The summed E-state index contributed by atoms with van der Waals surface area (Å²) in [4.78, 5) is 11.6. The van der Waals surface area contributed by atoms with E-state index in [1.54, 1.807) is 19.1 Å². The largest absolute Gasteiger partial charge is 0.490 e. The molecule has 11 heteroatoms.